The Bertz CT molecular complexity index is 108. The van der Waals surface area contributed by atoms with Gasteiger partial charge in [-0.05, 0) is 19.3 Å². The summed E-state index contributed by atoms with van der Waals surface area (Å²) in [6.45, 7) is 10.2. The summed E-state index contributed by atoms with van der Waals surface area (Å²) in [6, 6.07) is 0.278. The highest BCUT2D eigenvalue weighted by Crippen LogP contribution is 2.09. The predicted octanol–water partition coefficient (Wildman–Crippen LogP) is 1.44. The van der Waals surface area contributed by atoms with E-state index in [1.54, 1.807) is 0 Å². The zero-order valence-electron chi connectivity index (χ0n) is 7.15. The molecule has 10 heavy (non-hydrogen) atoms. The molecular weight excluding hydrogens is 124 g/mol. The molecule has 0 aromatic rings. The van der Waals surface area contributed by atoms with Gasteiger partial charge in [-0.1, -0.05) is 26.0 Å². The van der Waals surface area contributed by atoms with Gasteiger partial charge in [-0.15, -0.1) is 0 Å². The van der Waals surface area contributed by atoms with Gasteiger partial charge in [0.25, 0.3) is 0 Å². The molecule has 0 radical (unpaired) electrons. The zero-order valence-corrected chi connectivity index (χ0v) is 7.15. The van der Waals surface area contributed by atoms with E-state index in [-0.39, 0.29) is 6.04 Å². The minimum absolute atomic E-state index is 0.278. The summed E-state index contributed by atoms with van der Waals surface area (Å²) >= 11 is 0. The minimum Gasteiger partial charge on any atom is -0.271 e. The van der Waals surface area contributed by atoms with E-state index in [0.29, 0.717) is 5.92 Å². The number of hydrogen-bond donors (Lipinski definition) is 2. The van der Waals surface area contributed by atoms with Gasteiger partial charge < -0.3 is 0 Å². The summed E-state index contributed by atoms with van der Waals surface area (Å²) in [4.78, 5) is 0. The van der Waals surface area contributed by atoms with Crippen molar-refractivity contribution in [3.05, 3.63) is 12.2 Å². The summed E-state index contributed by atoms with van der Waals surface area (Å²) in [6.07, 6.45) is 1.06. The lowest BCUT2D eigenvalue weighted by molar-refractivity contribution is 0.467. The molecule has 2 nitrogen and oxygen atoms in total. The van der Waals surface area contributed by atoms with Crippen LogP contribution in [0.3, 0.4) is 0 Å². The van der Waals surface area contributed by atoms with E-state index in [4.69, 9.17) is 5.84 Å². The highest BCUT2D eigenvalue weighted by atomic mass is 15.2. The van der Waals surface area contributed by atoms with Crippen LogP contribution in [0, 0.1) is 5.92 Å². The maximum Gasteiger partial charge on any atom is 0.0416 e. The number of nitrogens with one attached hydrogen (secondary N) is 1. The lowest BCUT2D eigenvalue weighted by atomic mass is 10.00. The molecule has 0 aromatic heterocycles. The van der Waals surface area contributed by atoms with Crippen LogP contribution in [0.15, 0.2) is 12.2 Å². The van der Waals surface area contributed by atoms with Crippen molar-refractivity contribution in [1.29, 1.82) is 0 Å². The average molecular weight is 142 g/mol. The molecule has 0 saturated carbocycles. The fourth-order valence-electron chi connectivity index (χ4n) is 0.883. The lowest BCUT2D eigenvalue weighted by Crippen LogP contribution is -2.36. The van der Waals surface area contributed by atoms with Crippen LogP contribution in [0.25, 0.3) is 0 Å². The molecule has 0 fully saturated rings. The Labute approximate surface area is 63.5 Å². The van der Waals surface area contributed by atoms with E-state index >= 15 is 0 Å². The highest BCUT2D eigenvalue weighted by molar-refractivity contribution is 5.00. The maximum absolute atomic E-state index is 5.31. The quantitative estimate of drug-likeness (QED) is 0.354. The largest absolute Gasteiger partial charge is 0.271 e. The molecule has 3 N–H and O–H groups in total. The molecule has 0 amide bonds. The second-order valence-corrected chi connectivity index (χ2v) is 3.20. The Balaban J connectivity index is 3.72. The first-order chi connectivity index (χ1) is 4.57. The first-order valence-electron chi connectivity index (χ1n) is 3.69. The van der Waals surface area contributed by atoms with Crippen molar-refractivity contribution in [1.82, 2.24) is 5.43 Å². The van der Waals surface area contributed by atoms with Crippen molar-refractivity contribution in [2.75, 3.05) is 0 Å². The van der Waals surface area contributed by atoms with E-state index < -0.39 is 0 Å². The Kier molecular flexibility index (Phi) is 4.32. The van der Waals surface area contributed by atoms with Gasteiger partial charge >= 0.3 is 0 Å². The number of nitrogens with two attached hydrogens (primary N) is 1. The summed E-state index contributed by atoms with van der Waals surface area (Å²) in [7, 11) is 0. The number of rotatable bonds is 4. The zero-order chi connectivity index (χ0) is 8.15. The molecule has 60 valence electrons. The van der Waals surface area contributed by atoms with Crippen LogP contribution in [0.2, 0.25) is 0 Å². The molecule has 0 aromatic carbocycles. The molecule has 0 aliphatic heterocycles. The fraction of sp³-hybridized carbons (Fsp3) is 0.750. The highest BCUT2D eigenvalue weighted by Gasteiger charge is 2.07. The second-order valence-electron chi connectivity index (χ2n) is 3.20. The van der Waals surface area contributed by atoms with Crippen molar-refractivity contribution in [2.24, 2.45) is 11.8 Å². The molecule has 1 atom stereocenters. The molecule has 2 heteroatoms. The van der Waals surface area contributed by atoms with Gasteiger partial charge in [-0.3, -0.25) is 11.3 Å². The average Bonchev–Trinajstić information content (AvgIpc) is 1.81. The van der Waals surface area contributed by atoms with Crippen LogP contribution >= 0.6 is 0 Å². The van der Waals surface area contributed by atoms with Crippen molar-refractivity contribution in [3.63, 3.8) is 0 Å². The normalized spacial score (nSPS) is 13.7. The van der Waals surface area contributed by atoms with Gasteiger partial charge in [-0.2, -0.15) is 0 Å². The Hall–Kier alpha value is -0.340. The van der Waals surface area contributed by atoms with Gasteiger partial charge in [-0.25, -0.2) is 0 Å². The summed E-state index contributed by atoms with van der Waals surface area (Å²) < 4.78 is 0. The topological polar surface area (TPSA) is 38.0 Å². The Morgan fingerprint density at radius 1 is 1.60 bits per heavy atom. The van der Waals surface area contributed by atoms with Gasteiger partial charge in [0.1, 0.15) is 0 Å². The number of hydrogen-bond acceptors (Lipinski definition) is 2. The van der Waals surface area contributed by atoms with Crippen LogP contribution in [-0.2, 0) is 0 Å². The van der Waals surface area contributed by atoms with Crippen LogP contribution < -0.4 is 11.3 Å². The van der Waals surface area contributed by atoms with Gasteiger partial charge in [0.2, 0.25) is 0 Å². The van der Waals surface area contributed by atoms with E-state index in [9.17, 15) is 0 Å². The second kappa shape index (κ2) is 4.47. The summed E-state index contributed by atoms with van der Waals surface area (Å²) in [5.74, 6) is 5.98. The summed E-state index contributed by atoms with van der Waals surface area (Å²) in [5.41, 5.74) is 3.84. The van der Waals surface area contributed by atoms with Crippen LogP contribution in [-0.4, -0.2) is 6.04 Å². The molecule has 1 unspecified atom stereocenters. The third-order valence-corrected chi connectivity index (χ3v) is 1.50. The molecule has 0 aliphatic carbocycles. The van der Waals surface area contributed by atoms with Crippen LogP contribution in [0.1, 0.15) is 27.2 Å². The third-order valence-electron chi connectivity index (χ3n) is 1.50. The molecule has 0 aliphatic rings. The van der Waals surface area contributed by atoms with Gasteiger partial charge in [0.15, 0.2) is 0 Å². The Morgan fingerprint density at radius 2 is 2.10 bits per heavy atom. The standard InChI is InChI=1S/C8H18N2/c1-6(2)5-8(10-9)7(3)4/h6,8,10H,3,5,9H2,1-2,4H3. The molecule has 0 heterocycles. The Morgan fingerprint density at radius 3 is 2.20 bits per heavy atom. The van der Waals surface area contributed by atoms with E-state index in [2.05, 4.69) is 25.9 Å². The minimum atomic E-state index is 0.278. The van der Waals surface area contributed by atoms with Crippen molar-refractivity contribution in [2.45, 2.75) is 33.2 Å². The van der Waals surface area contributed by atoms with Crippen molar-refractivity contribution >= 4 is 0 Å². The van der Waals surface area contributed by atoms with E-state index in [1.165, 1.54) is 0 Å². The molecule has 0 bridgehead atoms. The van der Waals surface area contributed by atoms with Crippen LogP contribution in [0.5, 0.6) is 0 Å². The van der Waals surface area contributed by atoms with E-state index in [1.807, 2.05) is 6.92 Å². The SMILES string of the molecule is C=C(C)C(CC(C)C)NN. The summed E-state index contributed by atoms with van der Waals surface area (Å²) in [5, 5.41) is 0. The van der Waals surface area contributed by atoms with Crippen molar-refractivity contribution < 1.29 is 0 Å². The number of hydrazine groups is 1. The van der Waals surface area contributed by atoms with E-state index in [0.717, 1.165) is 12.0 Å². The first-order valence-corrected chi connectivity index (χ1v) is 3.69. The fourth-order valence-corrected chi connectivity index (χ4v) is 0.883. The van der Waals surface area contributed by atoms with Gasteiger partial charge in [0, 0.05) is 6.04 Å². The molecule has 0 rings (SSSR count). The van der Waals surface area contributed by atoms with Crippen LogP contribution in [0.4, 0.5) is 0 Å². The lowest BCUT2D eigenvalue weighted by Gasteiger charge is -2.17. The molecule has 0 saturated heterocycles. The molecule has 0 spiro atoms. The smallest absolute Gasteiger partial charge is 0.0416 e. The first kappa shape index (κ1) is 9.66. The maximum atomic E-state index is 5.31. The third kappa shape index (κ3) is 3.64. The monoisotopic (exact) mass is 142 g/mol. The predicted molar refractivity (Wildman–Crippen MR) is 45.4 cm³/mol. The van der Waals surface area contributed by atoms with Gasteiger partial charge in [0.05, 0.1) is 0 Å². The molecular formula is C8H18N2. The van der Waals surface area contributed by atoms with Crippen molar-refractivity contribution in [3.8, 4) is 0 Å².